The fourth-order valence-electron chi connectivity index (χ4n) is 1.87. The van der Waals surface area contributed by atoms with E-state index in [1.165, 1.54) is 0 Å². The Morgan fingerprint density at radius 1 is 0.909 bits per heavy atom. The molecule has 0 spiro atoms. The van der Waals surface area contributed by atoms with Crippen molar-refractivity contribution >= 4 is 7.60 Å². The van der Waals surface area contributed by atoms with E-state index in [0.717, 1.165) is 11.1 Å². The molecular weight excluding hydrogens is 297 g/mol. The lowest BCUT2D eigenvalue weighted by molar-refractivity contribution is 0.370. The first-order chi connectivity index (χ1) is 10.4. The summed E-state index contributed by atoms with van der Waals surface area (Å²) in [6, 6.07) is 14.6. The monoisotopic (exact) mass is 319 g/mol. The molecule has 22 heavy (non-hydrogen) atoms. The van der Waals surface area contributed by atoms with Crippen LogP contribution in [0.4, 0.5) is 0 Å². The molecule has 0 aromatic heterocycles. The third-order valence-electron chi connectivity index (χ3n) is 3.33. The van der Waals surface area contributed by atoms with E-state index >= 15 is 0 Å². The Morgan fingerprint density at radius 3 is 1.59 bits per heavy atom. The van der Waals surface area contributed by atoms with Gasteiger partial charge >= 0.3 is 7.60 Å². The number of benzene rings is 2. The summed E-state index contributed by atoms with van der Waals surface area (Å²) in [5.41, 5.74) is 8.19. The second-order valence-corrected chi connectivity index (χ2v) is 7.43. The van der Waals surface area contributed by atoms with E-state index in [4.69, 9.17) is 14.8 Å². The highest BCUT2D eigenvalue weighted by Gasteiger charge is 2.35. The van der Waals surface area contributed by atoms with Crippen molar-refractivity contribution in [2.75, 3.05) is 0 Å². The van der Waals surface area contributed by atoms with Crippen molar-refractivity contribution in [3.05, 3.63) is 59.7 Å². The Labute approximate surface area is 131 Å². The van der Waals surface area contributed by atoms with E-state index in [0.29, 0.717) is 17.9 Å². The molecule has 0 saturated carbocycles. The van der Waals surface area contributed by atoms with Gasteiger partial charge in [-0.1, -0.05) is 42.3 Å². The molecule has 0 saturated heterocycles. The molecule has 1 atom stereocenters. The Hall–Kier alpha value is -1.77. The summed E-state index contributed by atoms with van der Waals surface area (Å²) in [5.74, 6) is 0.296. The van der Waals surface area contributed by atoms with Gasteiger partial charge in [0.1, 0.15) is 17.3 Å². The fourth-order valence-corrected chi connectivity index (χ4v) is 3.46. The van der Waals surface area contributed by atoms with Crippen LogP contribution in [0, 0.1) is 13.8 Å². The zero-order chi connectivity index (χ0) is 16.2. The van der Waals surface area contributed by atoms with Gasteiger partial charge in [0.05, 0.1) is 0 Å². The Bertz CT molecular complexity index is 601. The van der Waals surface area contributed by atoms with E-state index in [1.807, 2.05) is 45.0 Å². The molecule has 4 nitrogen and oxygen atoms in total. The van der Waals surface area contributed by atoms with Crippen molar-refractivity contribution in [1.29, 1.82) is 0 Å². The Kier molecular flexibility index (Phi) is 5.28. The van der Waals surface area contributed by atoms with Crippen molar-refractivity contribution < 1.29 is 13.6 Å². The van der Waals surface area contributed by atoms with Gasteiger partial charge in [-0.2, -0.15) is 0 Å². The summed E-state index contributed by atoms with van der Waals surface area (Å²) in [7, 11) is -3.51. The van der Waals surface area contributed by atoms with Crippen LogP contribution in [0.3, 0.4) is 0 Å². The molecule has 2 rings (SSSR count). The van der Waals surface area contributed by atoms with Gasteiger partial charge in [-0.3, -0.25) is 0 Å². The first-order valence-electron chi connectivity index (χ1n) is 7.31. The lowest BCUT2D eigenvalue weighted by Gasteiger charge is -2.24. The average molecular weight is 319 g/mol. The van der Waals surface area contributed by atoms with Crippen LogP contribution in [-0.2, 0) is 4.57 Å². The molecule has 2 aromatic carbocycles. The normalized spacial score (nSPS) is 12.7. The lowest BCUT2D eigenvalue weighted by atomic mass is 10.2. The third kappa shape index (κ3) is 4.12. The van der Waals surface area contributed by atoms with Crippen molar-refractivity contribution in [3.63, 3.8) is 0 Å². The maximum Gasteiger partial charge on any atom is 0.447 e. The van der Waals surface area contributed by atoms with E-state index in [2.05, 4.69) is 0 Å². The molecule has 0 amide bonds. The topological polar surface area (TPSA) is 61.6 Å². The third-order valence-corrected chi connectivity index (χ3v) is 5.44. The van der Waals surface area contributed by atoms with Crippen molar-refractivity contribution in [3.8, 4) is 11.5 Å². The number of aryl methyl sites for hydroxylation is 2. The summed E-state index contributed by atoms with van der Waals surface area (Å²) < 4.78 is 24.4. The van der Waals surface area contributed by atoms with E-state index in [9.17, 15) is 4.57 Å². The van der Waals surface area contributed by atoms with Crippen LogP contribution in [0.2, 0.25) is 0 Å². The van der Waals surface area contributed by atoms with E-state index in [-0.39, 0.29) is 0 Å². The van der Waals surface area contributed by atoms with Crippen LogP contribution >= 0.6 is 7.60 Å². The first kappa shape index (κ1) is 16.6. The van der Waals surface area contributed by atoms with Gasteiger partial charge in [-0.25, -0.2) is 4.57 Å². The molecule has 2 aromatic rings. The maximum absolute atomic E-state index is 13.1. The van der Waals surface area contributed by atoms with Crippen molar-refractivity contribution in [1.82, 2.24) is 0 Å². The van der Waals surface area contributed by atoms with Crippen LogP contribution < -0.4 is 14.8 Å². The van der Waals surface area contributed by atoms with Crippen molar-refractivity contribution in [2.24, 2.45) is 5.73 Å². The maximum atomic E-state index is 13.1. The molecule has 118 valence electrons. The van der Waals surface area contributed by atoms with Crippen molar-refractivity contribution in [2.45, 2.75) is 33.0 Å². The number of nitrogens with two attached hydrogens (primary N) is 1. The van der Waals surface area contributed by atoms with Gasteiger partial charge in [-0.05, 0) is 44.5 Å². The van der Waals surface area contributed by atoms with Crippen LogP contribution in [0.15, 0.2) is 48.5 Å². The minimum absolute atomic E-state index is 0.491. The molecule has 0 heterocycles. The van der Waals surface area contributed by atoms with E-state index < -0.39 is 13.4 Å². The average Bonchev–Trinajstić information content (AvgIpc) is 2.51. The zero-order valence-corrected chi connectivity index (χ0v) is 14.0. The predicted molar refractivity (Wildman–Crippen MR) is 89.5 cm³/mol. The predicted octanol–water partition coefficient (Wildman–Crippen LogP) is 4.65. The highest BCUT2D eigenvalue weighted by atomic mass is 31.2. The smallest absolute Gasteiger partial charge is 0.415 e. The molecule has 0 radical (unpaired) electrons. The molecule has 0 bridgehead atoms. The number of rotatable bonds is 6. The molecule has 0 fully saturated rings. The summed E-state index contributed by atoms with van der Waals surface area (Å²) in [6.07, 6.45) is 0.495. The van der Waals surface area contributed by atoms with Gasteiger partial charge in [0.2, 0.25) is 0 Å². The second-order valence-electron chi connectivity index (χ2n) is 5.32. The van der Waals surface area contributed by atoms with Crippen LogP contribution in [-0.4, -0.2) is 5.78 Å². The summed E-state index contributed by atoms with van der Waals surface area (Å²) in [6.45, 7) is 5.81. The van der Waals surface area contributed by atoms with Gasteiger partial charge in [-0.15, -0.1) is 0 Å². The van der Waals surface area contributed by atoms with Gasteiger partial charge < -0.3 is 14.8 Å². The van der Waals surface area contributed by atoms with Crippen LogP contribution in [0.5, 0.6) is 11.5 Å². The summed E-state index contributed by atoms with van der Waals surface area (Å²) >= 11 is 0. The highest BCUT2D eigenvalue weighted by Crippen LogP contribution is 2.52. The molecule has 0 aliphatic carbocycles. The van der Waals surface area contributed by atoms with Crippen LogP contribution in [0.1, 0.15) is 24.5 Å². The lowest BCUT2D eigenvalue weighted by Crippen LogP contribution is -2.24. The second kappa shape index (κ2) is 6.99. The zero-order valence-electron chi connectivity index (χ0n) is 13.2. The molecule has 1 unspecified atom stereocenters. The summed E-state index contributed by atoms with van der Waals surface area (Å²) in [4.78, 5) is 0. The Morgan fingerprint density at radius 2 is 1.27 bits per heavy atom. The van der Waals surface area contributed by atoms with E-state index in [1.54, 1.807) is 24.3 Å². The van der Waals surface area contributed by atoms with Gasteiger partial charge in [0, 0.05) is 0 Å². The minimum atomic E-state index is -3.51. The molecule has 0 aliphatic heterocycles. The summed E-state index contributed by atoms with van der Waals surface area (Å²) in [5, 5.41) is 0. The Balaban J connectivity index is 2.25. The standard InChI is InChI=1S/C17H22NO3P/c1-4-17(18)22(19,20-15-9-5-13(2)6-10-15)21-16-11-7-14(3)8-12-16/h5-12,17H,4,18H2,1-3H3. The SMILES string of the molecule is CCC(N)P(=O)(Oc1ccc(C)cc1)Oc1ccc(C)cc1. The van der Waals surface area contributed by atoms with Gasteiger partial charge in [0.15, 0.2) is 0 Å². The molecular formula is C17H22NO3P. The van der Waals surface area contributed by atoms with Gasteiger partial charge in [0.25, 0.3) is 0 Å². The number of hydrogen-bond donors (Lipinski definition) is 1. The highest BCUT2D eigenvalue weighted by molar-refractivity contribution is 7.55. The molecule has 2 N–H and O–H groups in total. The minimum Gasteiger partial charge on any atom is -0.415 e. The fraction of sp³-hybridized carbons (Fsp3) is 0.294. The number of hydrogen-bond acceptors (Lipinski definition) is 4. The quantitative estimate of drug-likeness (QED) is 0.787. The first-order valence-corrected chi connectivity index (χ1v) is 8.92. The largest absolute Gasteiger partial charge is 0.447 e. The molecule has 5 heteroatoms. The van der Waals surface area contributed by atoms with Crippen LogP contribution in [0.25, 0.3) is 0 Å². The molecule has 0 aliphatic rings.